The maximum atomic E-state index is 12.4. The number of halogens is 5. The highest BCUT2D eigenvalue weighted by Crippen LogP contribution is 2.31. The van der Waals surface area contributed by atoms with Crippen molar-refractivity contribution in [3.63, 3.8) is 0 Å². The molecule has 0 amide bonds. The lowest BCUT2D eigenvalue weighted by Crippen LogP contribution is -2.26. The van der Waals surface area contributed by atoms with E-state index >= 15 is 0 Å². The normalized spacial score (nSPS) is 14.3. The molecule has 0 spiro atoms. The van der Waals surface area contributed by atoms with Crippen molar-refractivity contribution in [3.05, 3.63) is 71.0 Å². The number of rotatable bonds is 6. The van der Waals surface area contributed by atoms with Gasteiger partial charge in [0.25, 0.3) is 0 Å². The fourth-order valence-corrected chi connectivity index (χ4v) is 4.43. The van der Waals surface area contributed by atoms with Crippen LogP contribution in [0.5, 0.6) is 0 Å². The van der Waals surface area contributed by atoms with Gasteiger partial charge in [0.1, 0.15) is 6.54 Å². The minimum Gasteiger partial charge on any atom is -0.376 e. The number of nitrogens with zero attached hydrogens (tertiary/aromatic N) is 1. The van der Waals surface area contributed by atoms with Crippen LogP contribution in [-0.4, -0.2) is 23.2 Å². The number of hydrogen-bond donors (Lipinski definition) is 2. The maximum absolute atomic E-state index is 12.4. The molecule has 8 heteroatoms. The number of aromatic nitrogens is 1. The molecule has 1 aromatic carbocycles. The maximum Gasteiger partial charge on any atom is 0.405 e. The first kappa shape index (κ1) is 25.4. The van der Waals surface area contributed by atoms with Crippen molar-refractivity contribution in [1.29, 1.82) is 0 Å². The van der Waals surface area contributed by atoms with Crippen LogP contribution in [0.4, 0.5) is 18.9 Å². The summed E-state index contributed by atoms with van der Waals surface area (Å²) in [6.07, 6.45) is 3.91. The van der Waals surface area contributed by atoms with Crippen LogP contribution in [0.25, 0.3) is 5.52 Å². The average molecular weight is 474 g/mol. The van der Waals surface area contributed by atoms with E-state index in [1.54, 1.807) is 18.2 Å². The topological polar surface area (TPSA) is 42.5 Å². The van der Waals surface area contributed by atoms with Crippen molar-refractivity contribution >= 4 is 36.0 Å². The van der Waals surface area contributed by atoms with Gasteiger partial charge in [-0.1, -0.05) is 18.2 Å². The number of pyridine rings is 1. The Morgan fingerprint density at radius 2 is 1.77 bits per heavy atom. The van der Waals surface area contributed by atoms with Crippen LogP contribution in [0.15, 0.2) is 48.7 Å². The Morgan fingerprint density at radius 1 is 1.00 bits per heavy atom. The molecule has 31 heavy (non-hydrogen) atoms. The fourth-order valence-electron chi connectivity index (χ4n) is 4.43. The molecule has 0 aliphatic heterocycles. The molecule has 170 valence electrons. The minimum atomic E-state index is -4.23. The van der Waals surface area contributed by atoms with E-state index in [1.807, 2.05) is 6.07 Å². The Kier molecular flexibility index (Phi) is 8.69. The molecule has 0 saturated carbocycles. The van der Waals surface area contributed by atoms with E-state index in [9.17, 15) is 13.2 Å². The van der Waals surface area contributed by atoms with Gasteiger partial charge in [0, 0.05) is 29.1 Å². The molecular weight excluding hydrogens is 446 g/mol. The number of hydrogen-bond acceptors (Lipinski definition) is 2. The second kappa shape index (κ2) is 10.6. The average Bonchev–Trinajstić information content (AvgIpc) is 3.00. The number of anilines is 1. The zero-order valence-corrected chi connectivity index (χ0v) is 18.8. The summed E-state index contributed by atoms with van der Waals surface area (Å²) in [7, 11) is 0. The standard InChI is InChI=1S/C23H26F3N3.2ClH/c24-23(25,26)15-28-18-7-5-6-16(13-18)12-17(27)14-20-19-8-1-2-9-21(19)29-11-4-3-10-22(20)29;;/h3-7,10-11,13,17,28H,1-2,8-9,12,14-15,27H2;2*1H. The number of fused-ring (bicyclic) bond motifs is 3. The van der Waals surface area contributed by atoms with Crippen molar-refractivity contribution < 1.29 is 13.2 Å². The van der Waals surface area contributed by atoms with Crippen molar-refractivity contribution in [2.75, 3.05) is 11.9 Å². The summed E-state index contributed by atoms with van der Waals surface area (Å²) in [5, 5.41) is 2.44. The van der Waals surface area contributed by atoms with E-state index in [0.717, 1.165) is 24.8 Å². The SMILES string of the molecule is Cl.Cl.NC(Cc1cccc(NCC(F)(F)F)c1)Cc1c2c(n3ccccc13)CCCC2. The van der Waals surface area contributed by atoms with Crippen LogP contribution in [0, 0.1) is 0 Å². The van der Waals surface area contributed by atoms with Gasteiger partial charge in [-0.25, -0.2) is 0 Å². The van der Waals surface area contributed by atoms with Crippen LogP contribution in [0.1, 0.15) is 35.2 Å². The first-order chi connectivity index (χ1) is 13.9. The number of aryl methyl sites for hydroxylation is 1. The van der Waals surface area contributed by atoms with Crippen molar-refractivity contribution in [1.82, 2.24) is 4.40 Å². The predicted molar refractivity (Wildman–Crippen MR) is 125 cm³/mol. The lowest BCUT2D eigenvalue weighted by Gasteiger charge is -2.16. The van der Waals surface area contributed by atoms with Gasteiger partial charge in [-0.15, -0.1) is 24.8 Å². The van der Waals surface area contributed by atoms with Crippen LogP contribution in [0.3, 0.4) is 0 Å². The molecule has 0 fully saturated rings. The van der Waals surface area contributed by atoms with Gasteiger partial charge < -0.3 is 15.5 Å². The van der Waals surface area contributed by atoms with Gasteiger partial charge in [-0.05, 0) is 79.5 Å². The third-order valence-corrected chi connectivity index (χ3v) is 5.65. The monoisotopic (exact) mass is 473 g/mol. The van der Waals surface area contributed by atoms with Gasteiger partial charge in [0.2, 0.25) is 0 Å². The minimum absolute atomic E-state index is 0. The highest BCUT2D eigenvalue weighted by Gasteiger charge is 2.26. The third-order valence-electron chi connectivity index (χ3n) is 5.65. The first-order valence-electron chi connectivity index (χ1n) is 10.2. The summed E-state index contributed by atoms with van der Waals surface area (Å²) in [6.45, 7) is -1.04. The Balaban J connectivity index is 0.00000171. The lowest BCUT2D eigenvalue weighted by molar-refractivity contribution is -0.115. The summed E-state index contributed by atoms with van der Waals surface area (Å²) in [5.41, 5.74) is 13.3. The molecule has 3 aromatic rings. The molecule has 0 saturated heterocycles. The number of alkyl halides is 3. The highest BCUT2D eigenvalue weighted by molar-refractivity contribution is 5.85. The van der Waals surface area contributed by atoms with Gasteiger partial charge in [0.15, 0.2) is 0 Å². The van der Waals surface area contributed by atoms with E-state index in [0.29, 0.717) is 12.1 Å². The molecule has 1 aliphatic rings. The molecule has 1 aliphatic carbocycles. The summed E-state index contributed by atoms with van der Waals surface area (Å²) >= 11 is 0. The molecule has 2 aromatic heterocycles. The molecule has 0 bridgehead atoms. The van der Waals surface area contributed by atoms with Crippen LogP contribution < -0.4 is 11.1 Å². The second-order valence-electron chi connectivity index (χ2n) is 7.90. The van der Waals surface area contributed by atoms with Crippen LogP contribution in [0.2, 0.25) is 0 Å². The fraction of sp³-hybridized carbons (Fsp3) is 0.391. The molecule has 4 rings (SSSR count). The molecule has 3 nitrogen and oxygen atoms in total. The van der Waals surface area contributed by atoms with Crippen molar-refractivity contribution in [2.45, 2.75) is 50.7 Å². The molecular formula is C23H28Cl2F3N3. The summed E-state index contributed by atoms with van der Waals surface area (Å²) in [4.78, 5) is 0. The first-order valence-corrected chi connectivity index (χ1v) is 10.2. The zero-order chi connectivity index (χ0) is 20.4. The molecule has 2 heterocycles. The van der Waals surface area contributed by atoms with E-state index in [-0.39, 0.29) is 30.9 Å². The molecule has 1 atom stereocenters. The molecule has 0 radical (unpaired) electrons. The quantitative estimate of drug-likeness (QED) is 0.478. The van der Waals surface area contributed by atoms with Gasteiger partial charge in [-0.3, -0.25) is 0 Å². The van der Waals surface area contributed by atoms with Gasteiger partial charge in [-0.2, -0.15) is 13.2 Å². The van der Waals surface area contributed by atoms with E-state index in [1.165, 1.54) is 35.2 Å². The Morgan fingerprint density at radius 3 is 2.55 bits per heavy atom. The molecule has 3 N–H and O–H groups in total. The Hall–Kier alpha value is -1.89. The lowest BCUT2D eigenvalue weighted by atomic mass is 9.91. The summed E-state index contributed by atoms with van der Waals surface area (Å²) in [6, 6.07) is 13.3. The third kappa shape index (κ3) is 6.09. The number of nitrogens with two attached hydrogens (primary N) is 1. The second-order valence-corrected chi connectivity index (χ2v) is 7.90. The Bertz CT molecular complexity index is 1000. The van der Waals surface area contributed by atoms with Gasteiger partial charge in [0.05, 0.1) is 0 Å². The summed E-state index contributed by atoms with van der Waals surface area (Å²) in [5.74, 6) is 0. The highest BCUT2D eigenvalue weighted by atomic mass is 35.5. The number of benzene rings is 1. The van der Waals surface area contributed by atoms with E-state index < -0.39 is 12.7 Å². The van der Waals surface area contributed by atoms with E-state index in [4.69, 9.17) is 5.73 Å². The number of nitrogens with one attached hydrogen (secondary N) is 1. The largest absolute Gasteiger partial charge is 0.405 e. The van der Waals surface area contributed by atoms with Gasteiger partial charge >= 0.3 is 6.18 Å². The zero-order valence-electron chi connectivity index (χ0n) is 17.1. The predicted octanol–water partition coefficient (Wildman–Crippen LogP) is 5.75. The van der Waals surface area contributed by atoms with Crippen molar-refractivity contribution in [2.24, 2.45) is 5.73 Å². The van der Waals surface area contributed by atoms with Crippen molar-refractivity contribution in [3.8, 4) is 0 Å². The smallest absolute Gasteiger partial charge is 0.376 e. The Labute approximate surface area is 193 Å². The molecule has 1 unspecified atom stereocenters. The van der Waals surface area contributed by atoms with Crippen LogP contribution in [-0.2, 0) is 25.7 Å². The summed E-state index contributed by atoms with van der Waals surface area (Å²) < 4.78 is 39.6. The van der Waals surface area contributed by atoms with Crippen LogP contribution >= 0.6 is 24.8 Å². The van der Waals surface area contributed by atoms with E-state index in [2.05, 4.69) is 34.1 Å².